The van der Waals surface area contributed by atoms with Crippen LogP contribution in [0.4, 0.5) is 0 Å². The van der Waals surface area contributed by atoms with Gasteiger partial charge in [-0.25, -0.2) is 0 Å². The van der Waals surface area contributed by atoms with Crippen LogP contribution in [0, 0.1) is 11.8 Å². The third kappa shape index (κ3) is 3.68. The summed E-state index contributed by atoms with van der Waals surface area (Å²) < 4.78 is 0. The molecule has 13 heavy (non-hydrogen) atoms. The fourth-order valence-electron chi connectivity index (χ4n) is 2.51. The molecular weight excluding hydrogens is 158 g/mol. The quantitative estimate of drug-likeness (QED) is 0.665. The first-order valence-electron chi connectivity index (χ1n) is 5.99. The van der Waals surface area contributed by atoms with Gasteiger partial charge in [0.25, 0.3) is 0 Å². The van der Waals surface area contributed by atoms with Crippen LogP contribution < -0.4 is 5.73 Å². The van der Waals surface area contributed by atoms with Gasteiger partial charge in [0.05, 0.1) is 0 Å². The van der Waals surface area contributed by atoms with E-state index in [1.165, 1.54) is 44.9 Å². The minimum Gasteiger partial charge on any atom is -0.327 e. The van der Waals surface area contributed by atoms with Crippen molar-refractivity contribution in [3.05, 3.63) is 0 Å². The number of hydrogen-bond acceptors (Lipinski definition) is 1. The minimum absolute atomic E-state index is 0.507. The lowest BCUT2D eigenvalue weighted by molar-refractivity contribution is 0.229. The van der Waals surface area contributed by atoms with E-state index in [0.29, 0.717) is 6.04 Å². The predicted molar refractivity (Wildman–Crippen MR) is 58.6 cm³/mol. The topological polar surface area (TPSA) is 26.0 Å². The molecule has 0 amide bonds. The second-order valence-corrected chi connectivity index (χ2v) is 4.84. The number of rotatable bonds is 4. The van der Waals surface area contributed by atoms with Crippen LogP contribution >= 0.6 is 0 Å². The van der Waals surface area contributed by atoms with Crippen molar-refractivity contribution >= 4 is 0 Å². The van der Waals surface area contributed by atoms with Crippen LogP contribution in [-0.2, 0) is 0 Å². The van der Waals surface area contributed by atoms with Crippen molar-refractivity contribution in [3.8, 4) is 0 Å². The SMILES string of the molecule is CCCCCC1CC(C)CCC1N. The second kappa shape index (κ2) is 5.64. The zero-order chi connectivity index (χ0) is 9.68. The van der Waals surface area contributed by atoms with Crippen molar-refractivity contribution in [2.45, 2.75) is 64.8 Å². The van der Waals surface area contributed by atoms with Crippen LogP contribution in [0.25, 0.3) is 0 Å². The Kier molecular flexibility index (Phi) is 4.79. The van der Waals surface area contributed by atoms with Gasteiger partial charge in [-0.1, -0.05) is 33.1 Å². The van der Waals surface area contributed by atoms with E-state index in [0.717, 1.165) is 11.8 Å². The van der Waals surface area contributed by atoms with E-state index in [4.69, 9.17) is 5.73 Å². The van der Waals surface area contributed by atoms with Gasteiger partial charge in [0.15, 0.2) is 0 Å². The van der Waals surface area contributed by atoms with E-state index in [1.54, 1.807) is 0 Å². The molecule has 1 aliphatic carbocycles. The molecule has 1 heteroatoms. The summed E-state index contributed by atoms with van der Waals surface area (Å²) in [4.78, 5) is 0. The maximum atomic E-state index is 6.12. The number of hydrogen-bond donors (Lipinski definition) is 1. The molecule has 3 atom stereocenters. The Hall–Kier alpha value is -0.0400. The van der Waals surface area contributed by atoms with Crippen LogP contribution in [-0.4, -0.2) is 6.04 Å². The summed E-state index contributed by atoms with van der Waals surface area (Å²) in [5.74, 6) is 1.75. The van der Waals surface area contributed by atoms with Crippen molar-refractivity contribution in [1.82, 2.24) is 0 Å². The molecule has 0 aromatic carbocycles. The van der Waals surface area contributed by atoms with Gasteiger partial charge in [-0.2, -0.15) is 0 Å². The third-order valence-electron chi connectivity index (χ3n) is 3.48. The second-order valence-electron chi connectivity index (χ2n) is 4.84. The average molecular weight is 183 g/mol. The van der Waals surface area contributed by atoms with Crippen LogP contribution in [0.5, 0.6) is 0 Å². The third-order valence-corrected chi connectivity index (χ3v) is 3.48. The molecule has 0 spiro atoms. The first-order valence-corrected chi connectivity index (χ1v) is 5.99. The van der Waals surface area contributed by atoms with E-state index in [2.05, 4.69) is 13.8 Å². The predicted octanol–water partition coefficient (Wildman–Crippen LogP) is 3.33. The molecule has 1 aliphatic rings. The Morgan fingerprint density at radius 1 is 1.23 bits per heavy atom. The van der Waals surface area contributed by atoms with Gasteiger partial charge in [0.1, 0.15) is 0 Å². The van der Waals surface area contributed by atoms with Crippen molar-refractivity contribution in [2.24, 2.45) is 17.6 Å². The zero-order valence-corrected chi connectivity index (χ0v) is 9.26. The normalized spacial score (nSPS) is 34.8. The van der Waals surface area contributed by atoms with E-state index < -0.39 is 0 Å². The molecule has 0 aromatic rings. The van der Waals surface area contributed by atoms with E-state index in [9.17, 15) is 0 Å². The Morgan fingerprint density at radius 2 is 2.00 bits per heavy atom. The van der Waals surface area contributed by atoms with Gasteiger partial charge in [0.2, 0.25) is 0 Å². The highest BCUT2D eigenvalue weighted by atomic mass is 14.7. The highest BCUT2D eigenvalue weighted by Crippen LogP contribution is 2.31. The lowest BCUT2D eigenvalue weighted by Gasteiger charge is -2.32. The van der Waals surface area contributed by atoms with E-state index >= 15 is 0 Å². The molecule has 78 valence electrons. The molecule has 0 aliphatic heterocycles. The van der Waals surface area contributed by atoms with Crippen molar-refractivity contribution in [3.63, 3.8) is 0 Å². The molecule has 0 bridgehead atoms. The summed E-state index contributed by atoms with van der Waals surface area (Å²) in [5.41, 5.74) is 6.12. The Bertz CT molecular complexity index is 133. The van der Waals surface area contributed by atoms with Gasteiger partial charge in [0, 0.05) is 6.04 Å². The molecule has 1 rings (SSSR count). The number of nitrogens with two attached hydrogens (primary N) is 1. The molecule has 0 radical (unpaired) electrons. The molecule has 2 N–H and O–H groups in total. The Morgan fingerprint density at radius 3 is 2.69 bits per heavy atom. The molecule has 3 unspecified atom stereocenters. The fraction of sp³-hybridized carbons (Fsp3) is 1.00. The van der Waals surface area contributed by atoms with Crippen molar-refractivity contribution < 1.29 is 0 Å². The summed E-state index contributed by atoms with van der Waals surface area (Å²) in [6.45, 7) is 4.64. The van der Waals surface area contributed by atoms with E-state index in [1.807, 2.05) is 0 Å². The maximum absolute atomic E-state index is 6.12. The molecule has 1 fully saturated rings. The first kappa shape index (κ1) is 11.0. The Labute approximate surface area is 83.1 Å². The first-order chi connectivity index (χ1) is 6.24. The highest BCUT2D eigenvalue weighted by molar-refractivity contribution is 4.80. The molecule has 0 heterocycles. The van der Waals surface area contributed by atoms with Gasteiger partial charge in [-0.05, 0) is 37.5 Å². The summed E-state index contributed by atoms with van der Waals surface area (Å²) >= 11 is 0. The summed E-state index contributed by atoms with van der Waals surface area (Å²) in [7, 11) is 0. The van der Waals surface area contributed by atoms with Gasteiger partial charge >= 0.3 is 0 Å². The lowest BCUT2D eigenvalue weighted by atomic mass is 9.77. The molecule has 0 saturated heterocycles. The average Bonchev–Trinajstić information content (AvgIpc) is 2.11. The summed E-state index contributed by atoms with van der Waals surface area (Å²) in [5, 5.41) is 0. The molecule has 1 saturated carbocycles. The fourth-order valence-corrected chi connectivity index (χ4v) is 2.51. The molecule has 0 aromatic heterocycles. The molecule has 1 nitrogen and oxygen atoms in total. The molecular formula is C12H25N. The minimum atomic E-state index is 0.507. The van der Waals surface area contributed by atoms with Crippen molar-refractivity contribution in [2.75, 3.05) is 0 Å². The van der Waals surface area contributed by atoms with E-state index in [-0.39, 0.29) is 0 Å². The van der Waals surface area contributed by atoms with Crippen LogP contribution in [0.15, 0.2) is 0 Å². The summed E-state index contributed by atoms with van der Waals surface area (Å²) in [6.07, 6.45) is 9.48. The van der Waals surface area contributed by atoms with Crippen molar-refractivity contribution in [1.29, 1.82) is 0 Å². The highest BCUT2D eigenvalue weighted by Gasteiger charge is 2.24. The Balaban J connectivity index is 2.21. The van der Waals surface area contributed by atoms with Gasteiger partial charge < -0.3 is 5.73 Å². The van der Waals surface area contributed by atoms with Crippen LogP contribution in [0.2, 0.25) is 0 Å². The van der Waals surface area contributed by atoms with Crippen LogP contribution in [0.3, 0.4) is 0 Å². The smallest absolute Gasteiger partial charge is 0.00673 e. The monoisotopic (exact) mass is 183 g/mol. The summed E-state index contributed by atoms with van der Waals surface area (Å²) in [6, 6.07) is 0.507. The number of unbranched alkanes of at least 4 members (excludes halogenated alkanes) is 2. The zero-order valence-electron chi connectivity index (χ0n) is 9.26. The lowest BCUT2D eigenvalue weighted by Crippen LogP contribution is -2.35. The van der Waals surface area contributed by atoms with Gasteiger partial charge in [-0.15, -0.1) is 0 Å². The van der Waals surface area contributed by atoms with Crippen LogP contribution in [0.1, 0.15) is 58.8 Å². The maximum Gasteiger partial charge on any atom is 0.00673 e. The largest absolute Gasteiger partial charge is 0.327 e. The van der Waals surface area contributed by atoms with Gasteiger partial charge in [-0.3, -0.25) is 0 Å². The standard InChI is InChI=1S/C12H25N/c1-3-4-5-6-11-9-10(2)7-8-12(11)13/h10-12H,3-9,13H2,1-2H3.